The van der Waals surface area contributed by atoms with Gasteiger partial charge in [0.05, 0.1) is 6.54 Å². The van der Waals surface area contributed by atoms with E-state index in [1.807, 2.05) is 0 Å². The number of carboxylic acids is 1. The summed E-state index contributed by atoms with van der Waals surface area (Å²) < 4.78 is 13.8. The summed E-state index contributed by atoms with van der Waals surface area (Å²) in [5.74, 6) is -2.04. The van der Waals surface area contributed by atoms with E-state index in [-0.39, 0.29) is 29.0 Å². The van der Waals surface area contributed by atoms with Crippen molar-refractivity contribution in [2.45, 2.75) is 32.4 Å². The zero-order valence-electron chi connectivity index (χ0n) is 11.0. The lowest BCUT2D eigenvalue weighted by atomic mass is 10.1. The number of nitrogens with zero attached hydrogens (tertiary/aromatic N) is 1. The molecule has 2 rings (SSSR count). The molecule has 1 fully saturated rings. The van der Waals surface area contributed by atoms with E-state index in [2.05, 4.69) is 0 Å². The lowest BCUT2D eigenvalue weighted by Gasteiger charge is -2.27. The second-order valence-electron chi connectivity index (χ2n) is 4.95. The number of carbonyl (C=O) groups is 2. The van der Waals surface area contributed by atoms with Crippen LogP contribution in [0.1, 0.15) is 25.3 Å². The highest BCUT2D eigenvalue weighted by Crippen LogP contribution is 2.33. The number of halogens is 2. The van der Waals surface area contributed by atoms with Gasteiger partial charge in [0.2, 0.25) is 5.91 Å². The van der Waals surface area contributed by atoms with E-state index in [0.717, 1.165) is 12.8 Å². The minimum Gasteiger partial charge on any atom is -0.480 e. The van der Waals surface area contributed by atoms with E-state index < -0.39 is 17.8 Å². The van der Waals surface area contributed by atoms with E-state index in [4.69, 9.17) is 16.7 Å². The Hall–Kier alpha value is -1.62. The Balaban J connectivity index is 2.27. The van der Waals surface area contributed by atoms with E-state index in [1.54, 1.807) is 0 Å². The first kappa shape index (κ1) is 14.8. The minimum absolute atomic E-state index is 0.131. The average Bonchev–Trinajstić information content (AvgIpc) is 3.21. The molecule has 1 amide bonds. The maximum Gasteiger partial charge on any atom is 0.326 e. The van der Waals surface area contributed by atoms with Gasteiger partial charge in [-0.15, -0.1) is 0 Å². The highest BCUT2D eigenvalue weighted by Gasteiger charge is 2.37. The van der Waals surface area contributed by atoms with Gasteiger partial charge in [-0.05, 0) is 31.9 Å². The third-order valence-corrected chi connectivity index (χ3v) is 3.78. The number of carboxylic acid groups (broad SMARTS) is 1. The van der Waals surface area contributed by atoms with Crippen LogP contribution in [0.3, 0.4) is 0 Å². The van der Waals surface area contributed by atoms with Crippen molar-refractivity contribution < 1.29 is 19.1 Å². The highest BCUT2D eigenvalue weighted by atomic mass is 35.5. The summed E-state index contributed by atoms with van der Waals surface area (Å²) >= 11 is 5.93. The third-order valence-electron chi connectivity index (χ3n) is 3.42. The molecule has 1 unspecified atom stereocenters. The summed E-state index contributed by atoms with van der Waals surface area (Å²) in [5, 5.41) is 9.29. The number of aliphatic carboxylic acids is 1. The number of carbonyl (C=O) groups excluding carboxylic acids is 1. The molecule has 0 saturated heterocycles. The van der Waals surface area contributed by atoms with Gasteiger partial charge >= 0.3 is 5.97 Å². The van der Waals surface area contributed by atoms with Crippen molar-refractivity contribution in [3.05, 3.63) is 34.6 Å². The molecule has 1 aromatic carbocycles. The van der Waals surface area contributed by atoms with Crippen LogP contribution in [0.4, 0.5) is 4.39 Å². The number of amides is 1. The fourth-order valence-corrected chi connectivity index (χ4v) is 2.18. The summed E-state index contributed by atoms with van der Waals surface area (Å²) in [5.41, 5.74) is 0.149. The van der Waals surface area contributed by atoms with Crippen molar-refractivity contribution in [1.82, 2.24) is 4.90 Å². The van der Waals surface area contributed by atoms with E-state index >= 15 is 0 Å². The SMILES string of the molecule is CC(C(=O)O)N(Cc1c(F)cccc1Cl)C(=O)C1CC1. The summed E-state index contributed by atoms with van der Waals surface area (Å²) in [6.45, 7) is 1.28. The van der Waals surface area contributed by atoms with Crippen LogP contribution < -0.4 is 0 Å². The molecule has 1 atom stereocenters. The molecule has 1 aliphatic rings. The van der Waals surface area contributed by atoms with Crippen molar-refractivity contribution >= 4 is 23.5 Å². The van der Waals surface area contributed by atoms with Crippen molar-refractivity contribution in [3.8, 4) is 0 Å². The van der Waals surface area contributed by atoms with Gasteiger partial charge in [0, 0.05) is 16.5 Å². The fraction of sp³-hybridized carbons (Fsp3) is 0.429. The molecule has 1 aliphatic carbocycles. The quantitative estimate of drug-likeness (QED) is 0.909. The number of hydrogen-bond acceptors (Lipinski definition) is 2. The zero-order valence-corrected chi connectivity index (χ0v) is 11.7. The van der Waals surface area contributed by atoms with E-state index in [0.29, 0.717) is 0 Å². The normalized spacial score (nSPS) is 15.8. The Morgan fingerprint density at radius 3 is 2.65 bits per heavy atom. The molecule has 0 spiro atoms. The first-order valence-electron chi connectivity index (χ1n) is 6.38. The zero-order chi connectivity index (χ0) is 14.9. The molecule has 108 valence electrons. The van der Waals surface area contributed by atoms with E-state index in [1.165, 1.54) is 30.0 Å². The van der Waals surface area contributed by atoms with Gasteiger partial charge in [-0.3, -0.25) is 4.79 Å². The number of rotatable bonds is 5. The van der Waals surface area contributed by atoms with Crippen LogP contribution in [0.5, 0.6) is 0 Å². The minimum atomic E-state index is -1.12. The predicted octanol–water partition coefficient (Wildman–Crippen LogP) is 2.69. The average molecular weight is 300 g/mol. The molecular formula is C14H15ClFNO3. The first-order chi connectivity index (χ1) is 9.41. The molecule has 0 aromatic heterocycles. The smallest absolute Gasteiger partial charge is 0.326 e. The maximum atomic E-state index is 13.8. The molecule has 0 radical (unpaired) electrons. The lowest BCUT2D eigenvalue weighted by molar-refractivity contribution is -0.150. The standard InChI is InChI=1S/C14H15ClFNO3/c1-8(14(19)20)17(13(18)9-5-6-9)7-10-11(15)3-2-4-12(10)16/h2-4,8-9H,5-7H2,1H3,(H,19,20). The maximum absolute atomic E-state index is 13.8. The second-order valence-corrected chi connectivity index (χ2v) is 5.36. The Bertz CT molecular complexity index is 525. The van der Waals surface area contributed by atoms with Gasteiger partial charge in [-0.2, -0.15) is 0 Å². The Kier molecular flexibility index (Phi) is 4.28. The third kappa shape index (κ3) is 3.10. The molecule has 20 heavy (non-hydrogen) atoms. The fourth-order valence-electron chi connectivity index (χ4n) is 1.96. The van der Waals surface area contributed by atoms with Crippen molar-refractivity contribution in [2.75, 3.05) is 0 Å². The van der Waals surface area contributed by atoms with Crippen molar-refractivity contribution in [2.24, 2.45) is 5.92 Å². The Morgan fingerprint density at radius 1 is 1.50 bits per heavy atom. The predicted molar refractivity (Wildman–Crippen MR) is 71.8 cm³/mol. The lowest BCUT2D eigenvalue weighted by Crippen LogP contribution is -2.43. The van der Waals surface area contributed by atoms with Crippen LogP contribution >= 0.6 is 11.6 Å². The van der Waals surface area contributed by atoms with E-state index in [9.17, 15) is 14.0 Å². The molecule has 0 heterocycles. The second kappa shape index (κ2) is 5.79. The molecule has 1 N–H and O–H groups in total. The molecule has 6 heteroatoms. The van der Waals surface area contributed by atoms with Gasteiger partial charge in [0.15, 0.2) is 0 Å². The van der Waals surface area contributed by atoms with Crippen LogP contribution in [-0.4, -0.2) is 27.9 Å². The molecule has 0 bridgehead atoms. The van der Waals surface area contributed by atoms with Gasteiger partial charge in [-0.25, -0.2) is 9.18 Å². The summed E-state index contributed by atoms with van der Waals surface area (Å²) in [6, 6.07) is 3.21. The van der Waals surface area contributed by atoms with Crippen LogP contribution in [0, 0.1) is 11.7 Å². The summed E-state index contributed by atoms with van der Waals surface area (Å²) in [6.07, 6.45) is 1.51. The van der Waals surface area contributed by atoms with Crippen molar-refractivity contribution in [3.63, 3.8) is 0 Å². The van der Waals surface area contributed by atoms with Gasteiger partial charge < -0.3 is 10.0 Å². The van der Waals surface area contributed by atoms with Gasteiger partial charge in [-0.1, -0.05) is 17.7 Å². The Labute approximate surface area is 121 Å². The molecule has 4 nitrogen and oxygen atoms in total. The monoisotopic (exact) mass is 299 g/mol. The number of benzene rings is 1. The Morgan fingerprint density at radius 2 is 2.15 bits per heavy atom. The topological polar surface area (TPSA) is 57.6 Å². The molecule has 1 saturated carbocycles. The van der Waals surface area contributed by atoms with Crippen molar-refractivity contribution in [1.29, 1.82) is 0 Å². The van der Waals surface area contributed by atoms with Crippen LogP contribution in [0.25, 0.3) is 0 Å². The van der Waals surface area contributed by atoms with Gasteiger partial charge in [0.1, 0.15) is 11.9 Å². The molecular weight excluding hydrogens is 285 g/mol. The summed E-state index contributed by atoms with van der Waals surface area (Å²) in [4.78, 5) is 24.5. The number of hydrogen-bond donors (Lipinski definition) is 1. The first-order valence-corrected chi connectivity index (χ1v) is 6.75. The molecule has 0 aliphatic heterocycles. The van der Waals surface area contributed by atoms with Crippen LogP contribution in [0.15, 0.2) is 18.2 Å². The highest BCUT2D eigenvalue weighted by molar-refractivity contribution is 6.31. The molecule has 1 aromatic rings. The van der Waals surface area contributed by atoms with Crippen LogP contribution in [0.2, 0.25) is 5.02 Å². The van der Waals surface area contributed by atoms with Crippen LogP contribution in [-0.2, 0) is 16.1 Å². The van der Waals surface area contributed by atoms with Gasteiger partial charge in [0.25, 0.3) is 0 Å². The summed E-state index contributed by atoms with van der Waals surface area (Å²) in [7, 11) is 0. The largest absolute Gasteiger partial charge is 0.480 e.